The number of ether oxygens (including phenoxy) is 2. The predicted octanol–water partition coefficient (Wildman–Crippen LogP) is 7.49. The molecule has 0 aromatic rings. The molecule has 3 heterocycles. The zero-order chi connectivity index (χ0) is 44.1. The van der Waals surface area contributed by atoms with Gasteiger partial charge in [-0.3, -0.25) is 14.4 Å². The summed E-state index contributed by atoms with van der Waals surface area (Å²) in [5, 5.41) is 44.3. The molecular formula is C49H77NO10. The van der Waals surface area contributed by atoms with Gasteiger partial charge in [-0.25, -0.2) is 4.79 Å². The maximum absolute atomic E-state index is 14.2. The van der Waals surface area contributed by atoms with Crippen molar-refractivity contribution in [2.24, 2.45) is 35.5 Å². The number of carbonyl (C=O) groups excluding carboxylic acids is 4. The molecule has 3 fully saturated rings. The van der Waals surface area contributed by atoms with E-state index in [1.165, 1.54) is 4.90 Å². The molecule has 4 aliphatic rings. The normalized spacial score (nSPS) is 40.5. The number of aliphatic hydroxyl groups is 4. The number of fused-ring (bicyclic) bond motifs is 3. The lowest BCUT2D eigenvalue weighted by molar-refractivity contribution is -0.283. The van der Waals surface area contributed by atoms with Crippen molar-refractivity contribution >= 4 is 23.4 Å². The minimum atomic E-state index is -1.78. The van der Waals surface area contributed by atoms with Gasteiger partial charge in [0.25, 0.3) is 0 Å². The summed E-state index contributed by atoms with van der Waals surface area (Å²) in [7, 11) is 0. The topological polar surface area (TPSA) is 171 Å². The van der Waals surface area contributed by atoms with Crippen LogP contribution in [0.1, 0.15) is 151 Å². The highest BCUT2D eigenvalue weighted by molar-refractivity contribution is 5.86. The van der Waals surface area contributed by atoms with Crippen molar-refractivity contribution in [1.29, 1.82) is 0 Å². The van der Waals surface area contributed by atoms with Crippen molar-refractivity contribution in [3.05, 3.63) is 47.6 Å². The van der Waals surface area contributed by atoms with E-state index in [1.54, 1.807) is 19.9 Å². The Morgan fingerprint density at radius 2 is 1.55 bits per heavy atom. The van der Waals surface area contributed by atoms with Gasteiger partial charge in [0.15, 0.2) is 5.79 Å². The van der Waals surface area contributed by atoms with Crippen LogP contribution in [0.25, 0.3) is 0 Å². The number of Topliss-reactive ketones (excluding diaryl/α,β-unsaturated/α-hetero) is 2. The predicted molar refractivity (Wildman–Crippen MR) is 232 cm³/mol. The van der Waals surface area contributed by atoms with E-state index in [2.05, 4.69) is 0 Å². The molecule has 4 rings (SSSR count). The van der Waals surface area contributed by atoms with Gasteiger partial charge in [0.05, 0.1) is 30.8 Å². The molecule has 3 aliphatic heterocycles. The Bertz CT molecular complexity index is 1570. The Morgan fingerprint density at radius 1 is 0.800 bits per heavy atom. The van der Waals surface area contributed by atoms with Gasteiger partial charge < -0.3 is 34.8 Å². The molecule has 1 saturated carbocycles. The first kappa shape index (κ1) is 49.7. The summed E-state index contributed by atoms with van der Waals surface area (Å²) in [4.78, 5) is 57.0. The van der Waals surface area contributed by atoms with Gasteiger partial charge in [-0.2, -0.15) is 0 Å². The standard InChI is InChI=1S/C49H77NO10/c1-31-14-9-8-10-15-32(2)42(52)27-40-22-19-37(7)49(58,60-40)30-47(56)50-23-12-11-18-41(50)48(57)59-46(36(6)26-38-16-13-17-39(51)21-20-38)29-45(55)35(5)25-34(4)44(54)28-43(53)33(3)24-31/h8-10,14-15,25,31,33,35-42,44,46,51-52,54,58H,11-13,16-24,26-30H2,1-7H3/b10-8+,14-9+,32-15+,34-25+/t31-,33-,35-,36-,37-,38-,39-,40+,41+,42+,44+,46+,49+/m1/s1. The van der Waals surface area contributed by atoms with Crippen LogP contribution in [0.15, 0.2) is 47.6 Å². The lowest BCUT2D eigenvalue weighted by Crippen LogP contribution is -2.54. The van der Waals surface area contributed by atoms with Gasteiger partial charge in [-0.1, -0.05) is 83.9 Å². The lowest BCUT2D eigenvalue weighted by atomic mass is 9.84. The SMILES string of the molecule is C/C1=C\[C@@H](C)C(=O)C[C@@H]([C@H](C)C[C@@H]2CCC[C@@H](O)CC2)OC(=O)[C@@H]2CCCCN2C(=O)C[C@]2(O)O[C@@H](CC[C@H]2C)C[C@H](O)/C(C)=C/C=C/C=C/[C@@H](C)C[C@@H](C)C(=O)C[C@@H]1O. The third kappa shape index (κ3) is 14.8. The highest BCUT2D eigenvalue weighted by atomic mass is 16.6. The minimum Gasteiger partial charge on any atom is -0.460 e. The first-order chi connectivity index (χ1) is 28.4. The average molecular weight is 840 g/mol. The molecule has 11 nitrogen and oxygen atoms in total. The van der Waals surface area contributed by atoms with E-state index in [1.807, 2.05) is 65.0 Å². The van der Waals surface area contributed by atoms with E-state index in [0.29, 0.717) is 69.4 Å². The molecule has 1 amide bonds. The number of allylic oxidation sites excluding steroid dienone is 6. The van der Waals surface area contributed by atoms with Crippen molar-refractivity contribution in [1.82, 2.24) is 4.90 Å². The fourth-order valence-electron chi connectivity index (χ4n) is 9.53. The summed E-state index contributed by atoms with van der Waals surface area (Å²) >= 11 is 0. The molecule has 2 saturated heterocycles. The van der Waals surface area contributed by atoms with Crippen LogP contribution in [-0.2, 0) is 28.7 Å². The van der Waals surface area contributed by atoms with Crippen LogP contribution in [0.2, 0.25) is 0 Å². The van der Waals surface area contributed by atoms with Crippen LogP contribution >= 0.6 is 0 Å². The molecule has 13 atom stereocenters. The van der Waals surface area contributed by atoms with Gasteiger partial charge in [-0.05, 0) is 107 Å². The quantitative estimate of drug-likeness (QED) is 0.127. The number of cyclic esters (lactones) is 1. The summed E-state index contributed by atoms with van der Waals surface area (Å²) in [6.45, 7) is 13.4. The Hall–Kier alpha value is -2.96. The van der Waals surface area contributed by atoms with E-state index < -0.39 is 54.0 Å². The number of esters is 1. The second kappa shape index (κ2) is 23.5. The van der Waals surface area contributed by atoms with Gasteiger partial charge in [0, 0.05) is 43.6 Å². The summed E-state index contributed by atoms with van der Waals surface area (Å²) < 4.78 is 12.6. The van der Waals surface area contributed by atoms with Gasteiger partial charge in [0.2, 0.25) is 5.91 Å². The number of amides is 1. The van der Waals surface area contributed by atoms with E-state index in [-0.39, 0.29) is 67.0 Å². The van der Waals surface area contributed by atoms with Crippen molar-refractivity contribution < 1.29 is 49.1 Å². The number of hydrogen-bond acceptors (Lipinski definition) is 10. The highest BCUT2D eigenvalue weighted by Crippen LogP contribution is 2.38. The van der Waals surface area contributed by atoms with E-state index >= 15 is 0 Å². The number of ketones is 2. The maximum Gasteiger partial charge on any atom is 0.329 e. The fourth-order valence-corrected chi connectivity index (χ4v) is 9.53. The number of hydrogen-bond donors (Lipinski definition) is 4. The van der Waals surface area contributed by atoms with Gasteiger partial charge in [-0.15, -0.1) is 0 Å². The second-order valence-electron chi connectivity index (χ2n) is 19.2. The summed E-state index contributed by atoms with van der Waals surface area (Å²) in [5.74, 6) is -4.00. The summed E-state index contributed by atoms with van der Waals surface area (Å²) in [6, 6.07) is -0.881. The lowest BCUT2D eigenvalue weighted by Gasteiger charge is -2.44. The maximum atomic E-state index is 14.2. The highest BCUT2D eigenvalue weighted by Gasteiger charge is 2.46. The number of rotatable bonds is 3. The molecule has 0 radical (unpaired) electrons. The Kier molecular flexibility index (Phi) is 19.4. The van der Waals surface area contributed by atoms with Crippen molar-refractivity contribution in [3.8, 4) is 0 Å². The molecule has 0 aromatic carbocycles. The molecule has 60 heavy (non-hydrogen) atoms. The molecule has 338 valence electrons. The zero-order valence-electron chi connectivity index (χ0n) is 37.6. The van der Waals surface area contributed by atoms with Crippen LogP contribution < -0.4 is 0 Å². The third-order valence-electron chi connectivity index (χ3n) is 13.9. The van der Waals surface area contributed by atoms with E-state index in [4.69, 9.17) is 9.47 Å². The molecular weight excluding hydrogens is 763 g/mol. The molecule has 0 aromatic heterocycles. The number of aliphatic hydroxyl groups excluding tert-OH is 3. The molecule has 1 aliphatic carbocycles. The smallest absolute Gasteiger partial charge is 0.329 e. The first-order valence-corrected chi connectivity index (χ1v) is 23.1. The number of carbonyl (C=O) groups is 4. The monoisotopic (exact) mass is 840 g/mol. The Morgan fingerprint density at radius 3 is 2.30 bits per heavy atom. The van der Waals surface area contributed by atoms with E-state index in [0.717, 1.165) is 31.3 Å². The zero-order valence-corrected chi connectivity index (χ0v) is 37.6. The summed E-state index contributed by atoms with van der Waals surface area (Å²) in [6.07, 6.45) is 16.1. The molecule has 4 N–H and O–H groups in total. The Balaban J connectivity index is 1.62. The first-order valence-electron chi connectivity index (χ1n) is 23.1. The van der Waals surface area contributed by atoms with Gasteiger partial charge in [0.1, 0.15) is 23.7 Å². The number of piperidine rings is 1. The molecule has 0 unspecified atom stereocenters. The molecule has 2 bridgehead atoms. The third-order valence-corrected chi connectivity index (χ3v) is 13.9. The molecule has 11 heteroatoms. The van der Waals surface area contributed by atoms with Crippen LogP contribution in [-0.4, -0.2) is 97.7 Å². The minimum absolute atomic E-state index is 0.0481. The van der Waals surface area contributed by atoms with E-state index in [9.17, 15) is 39.6 Å². The number of nitrogens with zero attached hydrogens (tertiary/aromatic N) is 1. The average Bonchev–Trinajstić information content (AvgIpc) is 3.41. The second-order valence-corrected chi connectivity index (χ2v) is 19.2. The van der Waals surface area contributed by atoms with Crippen LogP contribution in [0.5, 0.6) is 0 Å². The van der Waals surface area contributed by atoms with Crippen LogP contribution in [0.3, 0.4) is 0 Å². The largest absolute Gasteiger partial charge is 0.460 e. The van der Waals surface area contributed by atoms with Crippen molar-refractivity contribution in [2.75, 3.05) is 6.54 Å². The Labute approximate surface area is 359 Å². The van der Waals surface area contributed by atoms with Crippen molar-refractivity contribution in [2.45, 2.75) is 194 Å². The van der Waals surface area contributed by atoms with Crippen LogP contribution in [0.4, 0.5) is 0 Å². The fraction of sp³-hybridized carbons (Fsp3) is 0.755. The van der Waals surface area contributed by atoms with Crippen LogP contribution in [0, 0.1) is 35.5 Å². The summed E-state index contributed by atoms with van der Waals surface area (Å²) in [5.41, 5.74) is 1.26. The molecule has 0 spiro atoms. The van der Waals surface area contributed by atoms with Crippen molar-refractivity contribution in [3.63, 3.8) is 0 Å². The van der Waals surface area contributed by atoms with Gasteiger partial charge >= 0.3 is 5.97 Å².